The van der Waals surface area contributed by atoms with Crippen LogP contribution < -0.4 is 10.1 Å². The summed E-state index contributed by atoms with van der Waals surface area (Å²) in [5.74, 6) is 0.0175. The van der Waals surface area contributed by atoms with Crippen LogP contribution in [0.15, 0.2) is 60.7 Å². The van der Waals surface area contributed by atoms with E-state index in [0.29, 0.717) is 22.0 Å². The molecule has 5 nitrogen and oxygen atoms in total. The first-order valence-corrected chi connectivity index (χ1v) is 11.3. The molecule has 0 radical (unpaired) electrons. The van der Waals surface area contributed by atoms with Gasteiger partial charge in [-0.25, -0.2) is 4.98 Å². The Labute approximate surface area is 195 Å². The van der Waals surface area contributed by atoms with E-state index >= 15 is 0 Å². The van der Waals surface area contributed by atoms with E-state index in [4.69, 9.17) is 16.3 Å². The Morgan fingerprint density at radius 2 is 1.81 bits per heavy atom. The van der Waals surface area contributed by atoms with Gasteiger partial charge >= 0.3 is 0 Å². The summed E-state index contributed by atoms with van der Waals surface area (Å²) >= 11 is 7.63. The number of ether oxygens (including phenoxy) is 1. The Kier molecular flexibility index (Phi) is 6.53. The van der Waals surface area contributed by atoms with Crippen LogP contribution in [0.4, 0.5) is 5.69 Å². The van der Waals surface area contributed by atoms with Crippen LogP contribution >= 0.6 is 22.9 Å². The lowest BCUT2D eigenvalue weighted by Gasteiger charge is -2.09. The van der Waals surface area contributed by atoms with E-state index in [2.05, 4.69) is 29.4 Å². The number of amides is 1. The van der Waals surface area contributed by atoms with E-state index < -0.39 is 0 Å². The smallest absolute Gasteiger partial charge is 0.224 e. The number of Topliss-reactive ketones (excluding diaryl/α,β-unsaturated/α-hetero) is 1. The molecule has 4 aromatic rings. The molecule has 3 aromatic carbocycles. The number of hydrogen-bond acceptors (Lipinski definition) is 5. The summed E-state index contributed by atoms with van der Waals surface area (Å²) in [5.41, 5.74) is 4.23. The van der Waals surface area contributed by atoms with Crippen molar-refractivity contribution in [2.45, 2.75) is 19.8 Å². The van der Waals surface area contributed by atoms with E-state index in [9.17, 15) is 9.59 Å². The molecule has 0 bridgehead atoms. The predicted octanol–water partition coefficient (Wildman–Crippen LogP) is 6.54. The average molecular weight is 465 g/mol. The number of hydrogen-bond donors (Lipinski definition) is 1. The fourth-order valence-corrected chi connectivity index (χ4v) is 4.58. The molecule has 0 aliphatic rings. The number of rotatable bonds is 7. The van der Waals surface area contributed by atoms with E-state index in [0.717, 1.165) is 20.8 Å². The molecular formula is C25H21ClN2O3S. The minimum Gasteiger partial charge on any atom is -0.496 e. The van der Waals surface area contributed by atoms with Crippen LogP contribution in [0.3, 0.4) is 0 Å². The number of aromatic nitrogens is 1. The molecule has 0 aliphatic heterocycles. The van der Waals surface area contributed by atoms with Crippen molar-refractivity contribution >= 4 is 50.5 Å². The second-order valence-corrected chi connectivity index (χ2v) is 8.85. The number of halogens is 1. The number of nitrogens with one attached hydrogen (secondary N) is 1. The number of carbonyl (C=O) groups excluding carboxylic acids is 2. The molecule has 0 spiro atoms. The summed E-state index contributed by atoms with van der Waals surface area (Å²) in [6.45, 7) is 2.06. The van der Waals surface area contributed by atoms with E-state index in [1.165, 1.54) is 12.7 Å². The van der Waals surface area contributed by atoms with Crippen molar-refractivity contribution in [3.8, 4) is 16.3 Å². The molecule has 7 heteroatoms. The molecule has 1 heterocycles. The fraction of sp³-hybridized carbons (Fsp3) is 0.160. The molecular weight excluding hydrogens is 444 g/mol. The van der Waals surface area contributed by atoms with Crippen LogP contribution in [0.2, 0.25) is 5.02 Å². The largest absolute Gasteiger partial charge is 0.496 e. The maximum atomic E-state index is 12.5. The van der Waals surface area contributed by atoms with Crippen LogP contribution in [-0.4, -0.2) is 23.8 Å². The van der Waals surface area contributed by atoms with Gasteiger partial charge in [-0.2, -0.15) is 0 Å². The molecule has 0 aliphatic carbocycles. The number of anilines is 1. The van der Waals surface area contributed by atoms with Gasteiger partial charge in [0.2, 0.25) is 5.91 Å². The highest BCUT2D eigenvalue weighted by Crippen LogP contribution is 2.31. The molecule has 0 atom stereocenters. The van der Waals surface area contributed by atoms with Gasteiger partial charge in [0.1, 0.15) is 10.8 Å². The van der Waals surface area contributed by atoms with Gasteiger partial charge in [-0.3, -0.25) is 9.59 Å². The van der Waals surface area contributed by atoms with Crippen molar-refractivity contribution < 1.29 is 14.3 Å². The first-order valence-electron chi connectivity index (χ1n) is 10.1. The standard InChI is InChI=1S/C25H21ClN2O3S/c1-15-3-9-20-23(13-15)32-25(28-20)16-4-7-18(8-5-16)27-24(30)12-10-21(29)19-14-17(26)6-11-22(19)31-2/h3-9,11,13-14H,10,12H2,1-2H3,(H,27,30). The Morgan fingerprint density at radius 1 is 1.03 bits per heavy atom. The lowest BCUT2D eigenvalue weighted by molar-refractivity contribution is -0.116. The molecule has 0 saturated heterocycles. The zero-order valence-corrected chi connectivity index (χ0v) is 19.2. The second kappa shape index (κ2) is 9.51. The Bertz CT molecular complexity index is 1300. The summed E-state index contributed by atoms with van der Waals surface area (Å²) in [7, 11) is 1.49. The number of fused-ring (bicyclic) bond motifs is 1. The maximum Gasteiger partial charge on any atom is 0.224 e. The fourth-order valence-electron chi connectivity index (χ4n) is 3.33. The van der Waals surface area contributed by atoms with Gasteiger partial charge in [-0.1, -0.05) is 17.7 Å². The zero-order chi connectivity index (χ0) is 22.7. The van der Waals surface area contributed by atoms with E-state index in [1.54, 1.807) is 29.5 Å². The van der Waals surface area contributed by atoms with Crippen molar-refractivity contribution in [3.63, 3.8) is 0 Å². The third-order valence-corrected chi connectivity index (χ3v) is 6.30. The van der Waals surface area contributed by atoms with Crippen LogP contribution in [0.1, 0.15) is 28.8 Å². The first-order chi connectivity index (χ1) is 15.4. The highest BCUT2D eigenvalue weighted by molar-refractivity contribution is 7.21. The lowest BCUT2D eigenvalue weighted by atomic mass is 10.1. The Hall–Kier alpha value is -3.22. The molecule has 32 heavy (non-hydrogen) atoms. The number of benzene rings is 3. The van der Waals surface area contributed by atoms with Crippen molar-refractivity contribution in [2.24, 2.45) is 0 Å². The van der Waals surface area contributed by atoms with Crippen LogP contribution in [0.5, 0.6) is 5.75 Å². The van der Waals surface area contributed by atoms with Crippen molar-refractivity contribution in [2.75, 3.05) is 12.4 Å². The number of nitrogens with zero attached hydrogens (tertiary/aromatic N) is 1. The van der Waals surface area contributed by atoms with Crippen molar-refractivity contribution in [3.05, 3.63) is 76.8 Å². The summed E-state index contributed by atoms with van der Waals surface area (Å²) < 4.78 is 6.36. The summed E-state index contributed by atoms with van der Waals surface area (Å²) in [4.78, 5) is 29.5. The topological polar surface area (TPSA) is 68.3 Å². The Balaban J connectivity index is 1.37. The Morgan fingerprint density at radius 3 is 2.56 bits per heavy atom. The maximum absolute atomic E-state index is 12.5. The highest BCUT2D eigenvalue weighted by atomic mass is 35.5. The molecule has 0 saturated carbocycles. The van der Waals surface area contributed by atoms with Gasteiger partial charge in [0.15, 0.2) is 5.78 Å². The van der Waals surface area contributed by atoms with E-state index in [-0.39, 0.29) is 24.5 Å². The minimum atomic E-state index is -0.234. The van der Waals surface area contributed by atoms with Gasteiger partial charge in [0.05, 0.1) is 22.9 Å². The molecule has 0 unspecified atom stereocenters. The normalized spacial score (nSPS) is 10.8. The van der Waals surface area contributed by atoms with Crippen LogP contribution in [0.25, 0.3) is 20.8 Å². The summed E-state index contributed by atoms with van der Waals surface area (Å²) in [6.07, 6.45) is 0.124. The van der Waals surface area contributed by atoms with Crippen LogP contribution in [0, 0.1) is 6.92 Å². The number of thiazole rings is 1. The molecule has 4 rings (SSSR count). The molecule has 1 amide bonds. The highest BCUT2D eigenvalue weighted by Gasteiger charge is 2.15. The van der Waals surface area contributed by atoms with Crippen LogP contribution in [-0.2, 0) is 4.79 Å². The number of carbonyl (C=O) groups is 2. The third-order valence-electron chi connectivity index (χ3n) is 5.00. The summed E-state index contributed by atoms with van der Waals surface area (Å²) in [5, 5.41) is 4.22. The molecule has 1 N–H and O–H groups in total. The van der Waals surface area contributed by atoms with Gasteiger partial charge in [0.25, 0.3) is 0 Å². The molecule has 1 aromatic heterocycles. The molecule has 0 fully saturated rings. The van der Waals surface area contributed by atoms with E-state index in [1.807, 2.05) is 30.3 Å². The second-order valence-electron chi connectivity index (χ2n) is 7.38. The number of ketones is 1. The van der Waals surface area contributed by atoms with Crippen molar-refractivity contribution in [1.82, 2.24) is 4.98 Å². The zero-order valence-electron chi connectivity index (χ0n) is 17.6. The lowest BCUT2D eigenvalue weighted by Crippen LogP contribution is -2.13. The van der Waals surface area contributed by atoms with Gasteiger partial charge in [-0.05, 0) is 67.1 Å². The average Bonchev–Trinajstić information content (AvgIpc) is 3.21. The quantitative estimate of drug-likeness (QED) is 0.315. The molecule has 162 valence electrons. The van der Waals surface area contributed by atoms with Crippen molar-refractivity contribution in [1.29, 1.82) is 0 Å². The van der Waals surface area contributed by atoms with Gasteiger partial charge in [0, 0.05) is 29.1 Å². The summed E-state index contributed by atoms with van der Waals surface area (Å²) in [6, 6.07) is 18.6. The van der Waals surface area contributed by atoms with Gasteiger partial charge < -0.3 is 10.1 Å². The number of aryl methyl sites for hydroxylation is 1. The SMILES string of the molecule is COc1ccc(Cl)cc1C(=O)CCC(=O)Nc1ccc(-c2nc3ccc(C)cc3s2)cc1. The minimum absolute atomic E-state index is 0.0613. The predicted molar refractivity (Wildman–Crippen MR) is 130 cm³/mol. The van der Waals surface area contributed by atoms with Gasteiger partial charge in [-0.15, -0.1) is 11.3 Å². The third kappa shape index (κ3) is 4.98. The number of methoxy groups -OCH3 is 1. The monoisotopic (exact) mass is 464 g/mol. The first kappa shape index (κ1) is 22.0.